The lowest BCUT2D eigenvalue weighted by atomic mass is 10.1. The van der Waals surface area contributed by atoms with Crippen LogP contribution in [0.15, 0.2) is 69.9 Å². The number of rotatable bonds is 5. The van der Waals surface area contributed by atoms with Gasteiger partial charge in [-0.05, 0) is 23.8 Å². The topological polar surface area (TPSA) is 55.4 Å². The molecule has 3 aromatic rings. The summed E-state index contributed by atoms with van der Waals surface area (Å²) in [5, 5.41) is 2.84. The van der Waals surface area contributed by atoms with Crippen LogP contribution < -0.4 is 5.32 Å². The Kier molecular flexibility index (Phi) is 3.87. The molecule has 0 atom stereocenters. The van der Waals surface area contributed by atoms with E-state index in [-0.39, 0.29) is 5.91 Å². The summed E-state index contributed by atoms with van der Waals surface area (Å²) in [6.07, 6.45) is 3.81. The fourth-order valence-corrected chi connectivity index (χ4v) is 2.16. The van der Waals surface area contributed by atoms with Gasteiger partial charge in [-0.15, -0.1) is 0 Å². The van der Waals surface area contributed by atoms with Crippen LogP contribution in [-0.2, 0) is 6.42 Å². The lowest BCUT2D eigenvalue weighted by Crippen LogP contribution is -2.25. The van der Waals surface area contributed by atoms with E-state index in [1.165, 1.54) is 6.26 Å². The van der Waals surface area contributed by atoms with Crippen LogP contribution in [0, 0.1) is 0 Å². The Balaban J connectivity index is 1.67. The molecule has 1 amide bonds. The predicted octanol–water partition coefficient (Wildman–Crippen LogP) is 3.51. The maximum Gasteiger partial charge on any atom is 0.287 e. The van der Waals surface area contributed by atoms with E-state index >= 15 is 0 Å². The molecule has 106 valence electrons. The van der Waals surface area contributed by atoms with Crippen molar-refractivity contribution >= 4 is 5.91 Å². The molecular formula is C17H15NO3. The van der Waals surface area contributed by atoms with Crippen LogP contribution in [0.25, 0.3) is 11.1 Å². The second-order valence-electron chi connectivity index (χ2n) is 4.61. The van der Waals surface area contributed by atoms with Crippen LogP contribution in [0.3, 0.4) is 0 Å². The Hall–Kier alpha value is -2.75. The van der Waals surface area contributed by atoms with Gasteiger partial charge in [0.05, 0.1) is 12.5 Å². The second-order valence-corrected chi connectivity index (χ2v) is 4.61. The van der Waals surface area contributed by atoms with Crippen molar-refractivity contribution in [3.63, 3.8) is 0 Å². The molecule has 0 unspecified atom stereocenters. The highest BCUT2D eigenvalue weighted by Gasteiger charge is 2.16. The standard InChI is InChI=1S/C17H15NO3/c19-17(18-10-8-14-7-4-11-20-14)16-15(9-12-21-16)13-5-2-1-3-6-13/h1-7,9,11-12H,8,10H2,(H,18,19). The zero-order valence-corrected chi connectivity index (χ0v) is 11.4. The molecule has 0 aliphatic carbocycles. The summed E-state index contributed by atoms with van der Waals surface area (Å²) in [5.41, 5.74) is 1.76. The van der Waals surface area contributed by atoms with Crippen LogP contribution in [0.5, 0.6) is 0 Å². The van der Waals surface area contributed by atoms with E-state index in [1.807, 2.05) is 42.5 Å². The van der Waals surface area contributed by atoms with E-state index < -0.39 is 0 Å². The quantitative estimate of drug-likeness (QED) is 0.778. The first-order valence-corrected chi connectivity index (χ1v) is 6.78. The van der Waals surface area contributed by atoms with E-state index in [4.69, 9.17) is 8.83 Å². The summed E-state index contributed by atoms with van der Waals surface area (Å²) in [7, 11) is 0. The van der Waals surface area contributed by atoms with Gasteiger partial charge in [0.25, 0.3) is 5.91 Å². The van der Waals surface area contributed by atoms with Crippen molar-refractivity contribution < 1.29 is 13.6 Å². The molecule has 0 aliphatic rings. The highest BCUT2D eigenvalue weighted by atomic mass is 16.3. The average molecular weight is 281 g/mol. The molecule has 1 aromatic carbocycles. The molecular weight excluding hydrogens is 266 g/mol. The van der Waals surface area contributed by atoms with Gasteiger partial charge in [-0.3, -0.25) is 4.79 Å². The fourth-order valence-electron chi connectivity index (χ4n) is 2.16. The van der Waals surface area contributed by atoms with E-state index in [1.54, 1.807) is 12.3 Å². The van der Waals surface area contributed by atoms with E-state index in [0.717, 1.165) is 16.9 Å². The smallest absolute Gasteiger partial charge is 0.287 e. The van der Waals surface area contributed by atoms with Gasteiger partial charge in [-0.2, -0.15) is 0 Å². The summed E-state index contributed by atoms with van der Waals surface area (Å²) in [6, 6.07) is 15.2. The summed E-state index contributed by atoms with van der Waals surface area (Å²) >= 11 is 0. The zero-order valence-electron chi connectivity index (χ0n) is 11.4. The number of hydrogen-bond donors (Lipinski definition) is 1. The van der Waals surface area contributed by atoms with Gasteiger partial charge in [0.1, 0.15) is 5.76 Å². The maximum atomic E-state index is 12.2. The Bertz CT molecular complexity index is 699. The van der Waals surface area contributed by atoms with Crippen molar-refractivity contribution in [2.24, 2.45) is 0 Å². The molecule has 1 N–H and O–H groups in total. The van der Waals surface area contributed by atoms with Crippen LogP contribution in [0.2, 0.25) is 0 Å². The van der Waals surface area contributed by atoms with Crippen molar-refractivity contribution in [3.05, 3.63) is 72.6 Å². The summed E-state index contributed by atoms with van der Waals surface area (Å²) in [5.74, 6) is 0.962. The molecule has 4 nitrogen and oxygen atoms in total. The molecule has 0 saturated heterocycles. The van der Waals surface area contributed by atoms with Gasteiger partial charge in [0.15, 0.2) is 5.76 Å². The van der Waals surface area contributed by atoms with Crippen molar-refractivity contribution in [2.75, 3.05) is 6.54 Å². The fraction of sp³-hybridized carbons (Fsp3) is 0.118. The van der Waals surface area contributed by atoms with Crippen molar-refractivity contribution in [1.82, 2.24) is 5.32 Å². The first kappa shape index (κ1) is 13.2. The molecule has 2 aromatic heterocycles. The molecule has 4 heteroatoms. The second kappa shape index (κ2) is 6.13. The third-order valence-electron chi connectivity index (χ3n) is 3.19. The van der Waals surface area contributed by atoms with E-state index in [0.29, 0.717) is 18.7 Å². The van der Waals surface area contributed by atoms with Crippen LogP contribution in [0.4, 0.5) is 0 Å². The lowest BCUT2D eigenvalue weighted by molar-refractivity contribution is 0.0927. The molecule has 0 spiro atoms. The minimum absolute atomic E-state index is 0.217. The number of furan rings is 2. The number of benzene rings is 1. The Morgan fingerprint density at radius 2 is 1.81 bits per heavy atom. The number of hydrogen-bond acceptors (Lipinski definition) is 3. The molecule has 0 fully saturated rings. The molecule has 2 heterocycles. The van der Waals surface area contributed by atoms with Crippen LogP contribution in [0.1, 0.15) is 16.3 Å². The minimum Gasteiger partial charge on any atom is -0.469 e. The molecule has 3 rings (SSSR count). The molecule has 0 saturated carbocycles. The molecule has 0 radical (unpaired) electrons. The number of amides is 1. The van der Waals surface area contributed by atoms with Gasteiger partial charge in [-0.1, -0.05) is 30.3 Å². The van der Waals surface area contributed by atoms with Gasteiger partial charge in [0, 0.05) is 18.5 Å². The van der Waals surface area contributed by atoms with Gasteiger partial charge < -0.3 is 14.2 Å². The van der Waals surface area contributed by atoms with Crippen molar-refractivity contribution in [1.29, 1.82) is 0 Å². The minimum atomic E-state index is -0.217. The van der Waals surface area contributed by atoms with Gasteiger partial charge in [0.2, 0.25) is 0 Å². The zero-order chi connectivity index (χ0) is 14.5. The van der Waals surface area contributed by atoms with Crippen molar-refractivity contribution in [3.8, 4) is 11.1 Å². The third-order valence-corrected chi connectivity index (χ3v) is 3.19. The predicted molar refractivity (Wildman–Crippen MR) is 78.9 cm³/mol. The Morgan fingerprint density at radius 3 is 2.57 bits per heavy atom. The maximum absolute atomic E-state index is 12.2. The normalized spacial score (nSPS) is 10.5. The largest absolute Gasteiger partial charge is 0.469 e. The number of carbonyl (C=O) groups excluding carboxylic acids is 1. The van der Waals surface area contributed by atoms with Gasteiger partial charge in [-0.25, -0.2) is 0 Å². The monoisotopic (exact) mass is 281 g/mol. The van der Waals surface area contributed by atoms with Crippen molar-refractivity contribution in [2.45, 2.75) is 6.42 Å². The molecule has 0 aliphatic heterocycles. The van der Waals surface area contributed by atoms with E-state index in [9.17, 15) is 4.79 Å². The Morgan fingerprint density at radius 1 is 0.952 bits per heavy atom. The summed E-state index contributed by atoms with van der Waals surface area (Å²) < 4.78 is 10.6. The summed E-state index contributed by atoms with van der Waals surface area (Å²) in [6.45, 7) is 0.501. The van der Waals surface area contributed by atoms with Crippen LogP contribution in [-0.4, -0.2) is 12.5 Å². The van der Waals surface area contributed by atoms with E-state index in [2.05, 4.69) is 5.32 Å². The Labute approximate surface area is 122 Å². The first-order valence-electron chi connectivity index (χ1n) is 6.78. The third kappa shape index (κ3) is 3.05. The highest BCUT2D eigenvalue weighted by Crippen LogP contribution is 2.24. The lowest BCUT2D eigenvalue weighted by Gasteiger charge is -2.04. The first-order chi connectivity index (χ1) is 10.3. The molecule has 0 bridgehead atoms. The molecule has 21 heavy (non-hydrogen) atoms. The number of carbonyl (C=O) groups is 1. The SMILES string of the molecule is O=C(NCCc1ccco1)c1occc1-c1ccccc1. The van der Waals surface area contributed by atoms with Gasteiger partial charge >= 0.3 is 0 Å². The average Bonchev–Trinajstić information content (AvgIpc) is 3.19. The highest BCUT2D eigenvalue weighted by molar-refractivity contribution is 5.98. The van der Waals surface area contributed by atoms with Crippen LogP contribution >= 0.6 is 0 Å². The number of nitrogens with one attached hydrogen (secondary N) is 1. The summed E-state index contributed by atoms with van der Waals surface area (Å²) in [4.78, 5) is 12.2.